The van der Waals surface area contributed by atoms with Gasteiger partial charge in [-0.05, 0) is 51.4 Å². The second-order valence-electron chi connectivity index (χ2n) is 17.6. The highest BCUT2D eigenvalue weighted by molar-refractivity contribution is 7.47. The maximum absolute atomic E-state index is 12.7. The summed E-state index contributed by atoms with van der Waals surface area (Å²) in [5.41, 5.74) is 5.35. The van der Waals surface area contributed by atoms with Crippen LogP contribution in [0.4, 0.5) is 0 Å². The lowest BCUT2D eigenvalue weighted by Crippen LogP contribution is -2.34. The molecule has 0 aliphatic carbocycles. The smallest absolute Gasteiger partial charge is 0.472 e. The largest absolute Gasteiger partial charge is 0.480 e. The minimum Gasteiger partial charge on any atom is -0.480 e. The normalized spacial score (nSPS) is 14.1. The number of ether oxygens (including phenoxy) is 2. The number of allylic oxidation sites excluding steroid dienone is 12. The number of aliphatic carboxylic acids is 1. The van der Waals surface area contributed by atoms with Crippen LogP contribution in [-0.4, -0.2) is 59.9 Å². The third-order valence-corrected chi connectivity index (χ3v) is 12.2. The van der Waals surface area contributed by atoms with E-state index in [-0.39, 0.29) is 19.4 Å². The summed E-state index contributed by atoms with van der Waals surface area (Å²) in [5, 5.41) is 8.92. The number of carbonyl (C=O) groups excluding carboxylic acids is 2. The lowest BCUT2D eigenvalue weighted by Gasteiger charge is -2.20. The van der Waals surface area contributed by atoms with Crippen LogP contribution in [0.3, 0.4) is 0 Å². The fourth-order valence-electron chi connectivity index (χ4n) is 7.15. The van der Waals surface area contributed by atoms with Crippen LogP contribution in [0.2, 0.25) is 0 Å². The van der Waals surface area contributed by atoms with Gasteiger partial charge in [0.25, 0.3) is 0 Å². The summed E-state index contributed by atoms with van der Waals surface area (Å²) in [6.07, 6.45) is 61.4. The highest BCUT2D eigenvalue weighted by atomic mass is 31.2. The summed E-state index contributed by atoms with van der Waals surface area (Å²) in [5.74, 6) is -2.48. The minimum absolute atomic E-state index is 0.0346. The van der Waals surface area contributed by atoms with E-state index in [4.69, 9.17) is 24.8 Å². The van der Waals surface area contributed by atoms with Crippen molar-refractivity contribution in [1.82, 2.24) is 0 Å². The van der Waals surface area contributed by atoms with Crippen LogP contribution in [0, 0.1) is 0 Å². The molecule has 386 valence electrons. The first kappa shape index (κ1) is 63.9. The van der Waals surface area contributed by atoms with Crippen molar-refractivity contribution < 1.29 is 47.5 Å². The first-order valence-electron chi connectivity index (χ1n) is 26.5. The Morgan fingerprint density at radius 2 is 0.836 bits per heavy atom. The van der Waals surface area contributed by atoms with E-state index >= 15 is 0 Å². The fraction of sp³-hybridized carbons (Fsp3) is 0.727. The average molecular weight is 962 g/mol. The standard InChI is InChI=1S/C55H96NO10P/c1-3-5-7-9-11-13-15-17-19-21-23-24-25-26-27-29-30-32-34-36-38-40-42-44-46-53(57)63-48-51(49-64-67(61,62)65-50-52(56)55(59)60)66-54(58)47-45-43-41-39-37-35-33-31-28-22-20-18-16-14-12-10-8-6-4-2/h6,8,12,14,18,20,28,31,35,37,41,43,51-52H,3-5,7,9-11,13,15-17,19,21-27,29-30,32-34,36,38-40,42,44-50,56H2,1-2H3,(H,59,60)(H,61,62)/b8-6-,14-12-,20-18-,31-28-,37-35-,43-41-. The number of esters is 2. The molecule has 11 nitrogen and oxygen atoms in total. The van der Waals surface area contributed by atoms with E-state index in [9.17, 15) is 23.8 Å². The van der Waals surface area contributed by atoms with Gasteiger partial charge in [-0.25, -0.2) is 4.57 Å². The molecule has 0 bridgehead atoms. The van der Waals surface area contributed by atoms with Crippen LogP contribution in [-0.2, 0) is 37.5 Å². The molecule has 12 heteroatoms. The Bertz CT molecular complexity index is 1410. The Kier molecular flexibility index (Phi) is 47.1. The maximum Gasteiger partial charge on any atom is 0.472 e. The number of hydrogen-bond acceptors (Lipinski definition) is 9. The number of carboxylic acids is 1. The van der Waals surface area contributed by atoms with Crippen molar-refractivity contribution in [1.29, 1.82) is 0 Å². The van der Waals surface area contributed by atoms with Crippen LogP contribution in [0.5, 0.6) is 0 Å². The Balaban J connectivity index is 4.28. The highest BCUT2D eigenvalue weighted by Gasteiger charge is 2.28. The molecule has 0 spiro atoms. The number of carbonyl (C=O) groups is 3. The maximum atomic E-state index is 12.7. The van der Waals surface area contributed by atoms with Gasteiger partial charge in [-0.15, -0.1) is 0 Å². The number of hydrogen-bond donors (Lipinski definition) is 3. The molecule has 67 heavy (non-hydrogen) atoms. The predicted molar refractivity (Wildman–Crippen MR) is 277 cm³/mol. The zero-order valence-corrected chi connectivity index (χ0v) is 43.1. The number of unbranched alkanes of at least 4 members (excludes halogenated alkanes) is 23. The molecule has 0 aromatic carbocycles. The summed E-state index contributed by atoms with van der Waals surface area (Å²) in [7, 11) is -4.75. The van der Waals surface area contributed by atoms with Gasteiger partial charge in [-0.3, -0.25) is 23.4 Å². The molecule has 3 atom stereocenters. The summed E-state index contributed by atoms with van der Waals surface area (Å²) in [4.78, 5) is 46.2. The van der Waals surface area contributed by atoms with Crippen molar-refractivity contribution in [2.24, 2.45) is 5.73 Å². The van der Waals surface area contributed by atoms with Gasteiger partial charge in [0.15, 0.2) is 6.10 Å². The number of phosphoric acid groups is 1. The number of carboxylic acid groups (broad SMARTS) is 1. The highest BCUT2D eigenvalue weighted by Crippen LogP contribution is 2.43. The summed E-state index contributed by atoms with van der Waals surface area (Å²) >= 11 is 0. The molecular formula is C55H96NO10P. The van der Waals surface area contributed by atoms with Crippen molar-refractivity contribution in [2.75, 3.05) is 19.8 Å². The van der Waals surface area contributed by atoms with Crippen LogP contribution in [0.1, 0.15) is 226 Å². The third-order valence-electron chi connectivity index (χ3n) is 11.2. The quantitative estimate of drug-likeness (QED) is 0.0229. The van der Waals surface area contributed by atoms with E-state index in [1.54, 1.807) is 0 Å². The average Bonchev–Trinajstić information content (AvgIpc) is 3.31. The molecule has 4 N–H and O–H groups in total. The van der Waals surface area contributed by atoms with Crippen molar-refractivity contribution in [2.45, 2.75) is 238 Å². The van der Waals surface area contributed by atoms with Gasteiger partial charge in [-0.1, -0.05) is 234 Å². The number of phosphoric ester groups is 1. The van der Waals surface area contributed by atoms with Gasteiger partial charge in [0.2, 0.25) is 0 Å². The first-order chi connectivity index (χ1) is 32.6. The lowest BCUT2D eigenvalue weighted by molar-refractivity contribution is -0.161. The summed E-state index contributed by atoms with van der Waals surface area (Å²) in [6.45, 7) is 2.65. The van der Waals surface area contributed by atoms with E-state index in [0.29, 0.717) is 19.3 Å². The first-order valence-corrected chi connectivity index (χ1v) is 28.0. The van der Waals surface area contributed by atoms with Crippen molar-refractivity contribution in [3.63, 3.8) is 0 Å². The van der Waals surface area contributed by atoms with E-state index in [1.807, 2.05) is 12.2 Å². The second kappa shape index (κ2) is 49.3. The molecule has 0 aliphatic heterocycles. The number of rotatable bonds is 49. The third kappa shape index (κ3) is 49.2. The summed E-state index contributed by atoms with van der Waals surface area (Å²) in [6, 6.07) is -1.54. The van der Waals surface area contributed by atoms with Gasteiger partial charge < -0.3 is 25.2 Å². The molecule has 0 rings (SSSR count). The van der Waals surface area contributed by atoms with Crippen LogP contribution < -0.4 is 5.73 Å². The van der Waals surface area contributed by atoms with Gasteiger partial charge in [0, 0.05) is 12.8 Å². The summed E-state index contributed by atoms with van der Waals surface area (Å²) < 4.78 is 32.8. The zero-order valence-electron chi connectivity index (χ0n) is 42.2. The van der Waals surface area contributed by atoms with Crippen molar-refractivity contribution in [3.05, 3.63) is 72.9 Å². The van der Waals surface area contributed by atoms with E-state index in [1.165, 1.54) is 128 Å². The Morgan fingerprint density at radius 1 is 0.478 bits per heavy atom. The molecule has 0 aromatic rings. The molecule has 0 amide bonds. The van der Waals surface area contributed by atoms with Crippen LogP contribution in [0.15, 0.2) is 72.9 Å². The molecule has 0 fully saturated rings. The molecule has 0 heterocycles. The number of nitrogens with two attached hydrogens (primary N) is 1. The Labute approximate surface area is 408 Å². The van der Waals surface area contributed by atoms with Crippen LogP contribution in [0.25, 0.3) is 0 Å². The molecule has 0 aromatic heterocycles. The van der Waals surface area contributed by atoms with Crippen LogP contribution >= 0.6 is 7.82 Å². The van der Waals surface area contributed by atoms with Gasteiger partial charge >= 0.3 is 25.7 Å². The predicted octanol–water partition coefficient (Wildman–Crippen LogP) is 15.2. The molecular weight excluding hydrogens is 866 g/mol. The SMILES string of the molecule is CC/C=C\C/C=C\C/C=C\C/C=C\C/C=C\C/C=C\CCC(=O)OC(COC(=O)CCCCCCCCCCCCCCCCCCCCCCCCCC)COP(=O)(O)OCC(N)C(=O)O. The lowest BCUT2D eigenvalue weighted by atomic mass is 10.0. The van der Waals surface area contributed by atoms with Gasteiger partial charge in [-0.2, -0.15) is 0 Å². The zero-order chi connectivity index (χ0) is 49.2. The van der Waals surface area contributed by atoms with Gasteiger partial charge in [0.1, 0.15) is 12.6 Å². The van der Waals surface area contributed by atoms with Crippen molar-refractivity contribution >= 4 is 25.7 Å². The fourth-order valence-corrected chi connectivity index (χ4v) is 7.93. The van der Waals surface area contributed by atoms with Gasteiger partial charge in [0.05, 0.1) is 13.2 Å². The Morgan fingerprint density at radius 3 is 1.22 bits per heavy atom. The van der Waals surface area contributed by atoms with E-state index in [2.05, 4.69) is 79.1 Å². The second-order valence-corrected chi connectivity index (χ2v) is 19.1. The van der Waals surface area contributed by atoms with E-state index < -0.39 is 51.1 Å². The Hall–Kier alpha value is -3.08. The van der Waals surface area contributed by atoms with Crippen molar-refractivity contribution in [3.8, 4) is 0 Å². The minimum atomic E-state index is -4.75. The van der Waals surface area contributed by atoms with E-state index in [0.717, 1.165) is 51.4 Å². The monoisotopic (exact) mass is 962 g/mol. The molecule has 0 saturated heterocycles. The molecule has 0 saturated carbocycles. The molecule has 3 unspecified atom stereocenters. The molecule has 0 aliphatic rings. The topological polar surface area (TPSA) is 172 Å². The molecule has 0 radical (unpaired) electrons.